The number of nitrogens with one attached hydrogen (secondary N) is 1. The highest BCUT2D eigenvalue weighted by Crippen LogP contribution is 2.30. The van der Waals surface area contributed by atoms with Crippen molar-refractivity contribution in [3.05, 3.63) is 40.5 Å². The fourth-order valence-corrected chi connectivity index (χ4v) is 3.27. The van der Waals surface area contributed by atoms with E-state index in [0.717, 1.165) is 32.9 Å². The fourth-order valence-electron chi connectivity index (χ4n) is 2.32. The molecule has 4 nitrogen and oxygen atoms in total. The van der Waals surface area contributed by atoms with Crippen LogP contribution in [0.4, 0.5) is 0 Å². The normalized spacial score (nSPS) is 11.0. The first-order chi connectivity index (χ1) is 10.1. The Labute approximate surface area is 126 Å². The number of thiazole rings is 1. The standard InChI is InChI=1S/C16H16N2O2S/c1-4-20-16(19)14-10(3)18-15(21-14)11-5-6-13-12(8-11)7-9(2)17-13/h5-8,17H,4H2,1-3H3. The van der Waals surface area contributed by atoms with E-state index in [2.05, 4.69) is 22.1 Å². The molecule has 0 spiro atoms. The van der Waals surface area contributed by atoms with E-state index in [1.807, 2.05) is 26.0 Å². The Morgan fingerprint density at radius 1 is 1.33 bits per heavy atom. The van der Waals surface area contributed by atoms with Gasteiger partial charge in [0.25, 0.3) is 0 Å². The lowest BCUT2D eigenvalue weighted by atomic mass is 10.1. The van der Waals surface area contributed by atoms with Gasteiger partial charge in [0.2, 0.25) is 0 Å². The number of aromatic nitrogens is 2. The summed E-state index contributed by atoms with van der Waals surface area (Å²) in [5, 5.41) is 1.99. The Morgan fingerprint density at radius 2 is 2.14 bits per heavy atom. The number of hydrogen-bond acceptors (Lipinski definition) is 4. The summed E-state index contributed by atoms with van der Waals surface area (Å²) in [4.78, 5) is 20.3. The molecule has 0 atom stereocenters. The Morgan fingerprint density at radius 3 is 2.90 bits per heavy atom. The summed E-state index contributed by atoms with van der Waals surface area (Å²) in [7, 11) is 0. The summed E-state index contributed by atoms with van der Waals surface area (Å²) in [6.45, 7) is 6.05. The van der Waals surface area contributed by atoms with Gasteiger partial charge in [0.1, 0.15) is 9.88 Å². The van der Waals surface area contributed by atoms with Crippen LogP contribution in [0.1, 0.15) is 28.0 Å². The maximum absolute atomic E-state index is 11.9. The number of fused-ring (bicyclic) bond motifs is 1. The van der Waals surface area contributed by atoms with Gasteiger partial charge in [0.15, 0.2) is 0 Å². The lowest BCUT2D eigenvalue weighted by Gasteiger charge is -1.98. The maximum atomic E-state index is 11.9. The van der Waals surface area contributed by atoms with Crippen LogP contribution in [0, 0.1) is 13.8 Å². The van der Waals surface area contributed by atoms with Crippen LogP contribution in [0.15, 0.2) is 24.3 Å². The average Bonchev–Trinajstić information content (AvgIpc) is 3.00. The van der Waals surface area contributed by atoms with Crippen molar-refractivity contribution < 1.29 is 9.53 Å². The Kier molecular flexibility index (Phi) is 3.51. The highest BCUT2D eigenvalue weighted by Gasteiger charge is 2.17. The van der Waals surface area contributed by atoms with Crippen LogP contribution in [0.2, 0.25) is 0 Å². The second-order valence-electron chi connectivity index (χ2n) is 4.91. The van der Waals surface area contributed by atoms with Crippen LogP contribution in [-0.2, 0) is 4.74 Å². The predicted octanol–water partition coefficient (Wildman–Crippen LogP) is 4.08. The van der Waals surface area contributed by atoms with Crippen LogP contribution >= 0.6 is 11.3 Å². The zero-order chi connectivity index (χ0) is 15.0. The summed E-state index contributed by atoms with van der Waals surface area (Å²) < 4.78 is 5.06. The molecule has 0 fully saturated rings. The fraction of sp³-hybridized carbons (Fsp3) is 0.250. The molecule has 0 radical (unpaired) electrons. The molecule has 1 aromatic carbocycles. The van der Waals surface area contributed by atoms with Crippen molar-refractivity contribution in [3.63, 3.8) is 0 Å². The van der Waals surface area contributed by atoms with E-state index in [1.54, 1.807) is 6.92 Å². The van der Waals surface area contributed by atoms with Gasteiger partial charge in [-0.1, -0.05) is 0 Å². The molecule has 21 heavy (non-hydrogen) atoms. The maximum Gasteiger partial charge on any atom is 0.350 e. The van der Waals surface area contributed by atoms with Crippen LogP contribution in [-0.4, -0.2) is 22.5 Å². The smallest absolute Gasteiger partial charge is 0.350 e. The van der Waals surface area contributed by atoms with Crippen molar-refractivity contribution in [3.8, 4) is 10.6 Å². The first-order valence-electron chi connectivity index (χ1n) is 6.82. The van der Waals surface area contributed by atoms with Crippen LogP contribution in [0.5, 0.6) is 0 Å². The van der Waals surface area contributed by atoms with Crippen molar-refractivity contribution in [2.24, 2.45) is 0 Å². The second-order valence-corrected chi connectivity index (χ2v) is 5.91. The number of aryl methyl sites for hydroxylation is 2. The van der Waals surface area contributed by atoms with E-state index in [1.165, 1.54) is 11.3 Å². The molecular weight excluding hydrogens is 284 g/mol. The molecule has 0 amide bonds. The Hall–Kier alpha value is -2.14. The number of hydrogen-bond donors (Lipinski definition) is 1. The molecule has 2 aromatic heterocycles. The topological polar surface area (TPSA) is 55.0 Å². The van der Waals surface area contributed by atoms with Crippen molar-refractivity contribution in [2.45, 2.75) is 20.8 Å². The van der Waals surface area contributed by atoms with Gasteiger partial charge in [-0.2, -0.15) is 0 Å². The van der Waals surface area contributed by atoms with Gasteiger partial charge in [0.05, 0.1) is 12.3 Å². The number of esters is 1. The van der Waals surface area contributed by atoms with E-state index in [-0.39, 0.29) is 5.97 Å². The molecule has 2 heterocycles. The van der Waals surface area contributed by atoms with Crippen LogP contribution < -0.4 is 0 Å². The minimum atomic E-state index is -0.294. The zero-order valence-corrected chi connectivity index (χ0v) is 13.0. The number of ether oxygens (including phenoxy) is 1. The molecule has 0 aliphatic heterocycles. The SMILES string of the molecule is CCOC(=O)c1sc(-c2ccc3[nH]c(C)cc3c2)nc1C. The highest BCUT2D eigenvalue weighted by molar-refractivity contribution is 7.17. The quantitative estimate of drug-likeness (QED) is 0.741. The van der Waals surface area contributed by atoms with Gasteiger partial charge >= 0.3 is 5.97 Å². The first-order valence-corrected chi connectivity index (χ1v) is 7.64. The molecule has 0 unspecified atom stereocenters. The van der Waals surface area contributed by atoms with Gasteiger partial charge in [-0.05, 0) is 45.0 Å². The van der Waals surface area contributed by atoms with Crippen LogP contribution in [0.25, 0.3) is 21.5 Å². The summed E-state index contributed by atoms with van der Waals surface area (Å²) in [5.74, 6) is -0.294. The largest absolute Gasteiger partial charge is 0.462 e. The van der Waals surface area contributed by atoms with Crippen LogP contribution in [0.3, 0.4) is 0 Å². The minimum Gasteiger partial charge on any atom is -0.462 e. The average molecular weight is 300 g/mol. The number of rotatable bonds is 3. The summed E-state index contributed by atoms with van der Waals surface area (Å²) >= 11 is 1.38. The van der Waals surface area contributed by atoms with Crippen molar-refractivity contribution in [1.29, 1.82) is 0 Å². The lowest BCUT2D eigenvalue weighted by molar-refractivity contribution is 0.0531. The third-order valence-electron chi connectivity index (χ3n) is 3.26. The van der Waals surface area contributed by atoms with Gasteiger partial charge in [-0.25, -0.2) is 9.78 Å². The Bertz CT molecular complexity index is 817. The van der Waals surface area contributed by atoms with E-state index in [0.29, 0.717) is 11.5 Å². The molecule has 108 valence electrons. The van der Waals surface area contributed by atoms with Crippen molar-refractivity contribution in [1.82, 2.24) is 9.97 Å². The van der Waals surface area contributed by atoms with E-state index >= 15 is 0 Å². The van der Waals surface area contributed by atoms with E-state index in [4.69, 9.17) is 4.74 Å². The molecule has 0 aliphatic carbocycles. The van der Waals surface area contributed by atoms with Gasteiger partial charge in [0, 0.05) is 22.2 Å². The predicted molar refractivity (Wildman–Crippen MR) is 84.8 cm³/mol. The molecule has 0 saturated carbocycles. The monoisotopic (exact) mass is 300 g/mol. The molecule has 0 saturated heterocycles. The van der Waals surface area contributed by atoms with Gasteiger partial charge in [-0.15, -0.1) is 11.3 Å². The molecule has 0 bridgehead atoms. The molecule has 1 N–H and O–H groups in total. The zero-order valence-electron chi connectivity index (χ0n) is 12.2. The second kappa shape index (κ2) is 5.33. The van der Waals surface area contributed by atoms with Crippen molar-refractivity contribution >= 4 is 28.2 Å². The van der Waals surface area contributed by atoms with Gasteiger partial charge < -0.3 is 9.72 Å². The third kappa shape index (κ3) is 2.56. The summed E-state index contributed by atoms with van der Waals surface area (Å²) in [5.41, 5.74) is 3.98. The molecular formula is C16H16N2O2S. The molecule has 0 aliphatic rings. The summed E-state index contributed by atoms with van der Waals surface area (Å²) in [6.07, 6.45) is 0. The Balaban J connectivity index is 2.02. The summed E-state index contributed by atoms with van der Waals surface area (Å²) in [6, 6.07) is 8.25. The minimum absolute atomic E-state index is 0.294. The number of nitrogens with zero attached hydrogens (tertiary/aromatic N) is 1. The number of benzene rings is 1. The number of aromatic amines is 1. The molecule has 3 aromatic rings. The van der Waals surface area contributed by atoms with Crippen molar-refractivity contribution in [2.75, 3.05) is 6.61 Å². The number of H-pyrrole nitrogens is 1. The van der Waals surface area contributed by atoms with E-state index < -0.39 is 0 Å². The highest BCUT2D eigenvalue weighted by atomic mass is 32.1. The lowest BCUT2D eigenvalue weighted by Crippen LogP contribution is -2.03. The number of carbonyl (C=O) groups is 1. The molecule has 3 rings (SSSR count). The number of carbonyl (C=O) groups excluding carboxylic acids is 1. The van der Waals surface area contributed by atoms with E-state index in [9.17, 15) is 4.79 Å². The third-order valence-corrected chi connectivity index (χ3v) is 4.45. The molecule has 5 heteroatoms. The van der Waals surface area contributed by atoms with Gasteiger partial charge in [-0.3, -0.25) is 0 Å². The first kappa shape index (κ1) is 13.8.